The van der Waals surface area contributed by atoms with Crippen LogP contribution in [0.15, 0.2) is 0 Å². The van der Waals surface area contributed by atoms with Gasteiger partial charge in [-0.3, -0.25) is 0 Å². The summed E-state index contributed by atoms with van der Waals surface area (Å²) in [7, 11) is 0. The molecule has 0 aromatic carbocycles. The van der Waals surface area contributed by atoms with Crippen molar-refractivity contribution in [2.24, 2.45) is 29.1 Å². The first-order valence-electron chi connectivity index (χ1n) is 8.31. The van der Waals surface area contributed by atoms with Crippen LogP contribution in [0, 0.1) is 29.1 Å². The zero-order valence-corrected chi connectivity index (χ0v) is 13.7. The van der Waals surface area contributed by atoms with Crippen LogP contribution in [0.25, 0.3) is 0 Å². The molecule has 2 heteroatoms. The Labute approximate surface area is 120 Å². The van der Waals surface area contributed by atoms with Gasteiger partial charge >= 0.3 is 0 Å². The second kappa shape index (κ2) is 6.13. The Morgan fingerprint density at radius 3 is 2.00 bits per heavy atom. The van der Waals surface area contributed by atoms with Crippen molar-refractivity contribution in [1.29, 1.82) is 0 Å². The van der Waals surface area contributed by atoms with Crippen molar-refractivity contribution in [3.8, 4) is 0 Å². The quantitative estimate of drug-likeness (QED) is 0.825. The molecule has 0 aromatic heterocycles. The zero-order chi connectivity index (χ0) is 14.0. The molecule has 2 aliphatic rings. The Morgan fingerprint density at radius 2 is 1.53 bits per heavy atom. The molecule has 2 heterocycles. The van der Waals surface area contributed by atoms with Crippen molar-refractivity contribution in [1.82, 2.24) is 10.2 Å². The molecule has 2 aliphatic heterocycles. The SMILES string of the molecule is CC1CNCC(C)C1CN1CCC(C(C)(C)C)CC1. The molecule has 0 radical (unpaired) electrons. The standard InChI is InChI=1S/C17H34N2/c1-13-10-18-11-14(2)16(13)12-19-8-6-15(7-9-19)17(3,4)5/h13-16,18H,6-12H2,1-5H3. The molecule has 2 nitrogen and oxygen atoms in total. The van der Waals surface area contributed by atoms with Gasteiger partial charge in [-0.2, -0.15) is 0 Å². The lowest BCUT2D eigenvalue weighted by Crippen LogP contribution is -2.48. The minimum absolute atomic E-state index is 0.501. The molecule has 0 aliphatic carbocycles. The predicted molar refractivity (Wildman–Crippen MR) is 83.3 cm³/mol. The summed E-state index contributed by atoms with van der Waals surface area (Å²) in [6.45, 7) is 18.5. The van der Waals surface area contributed by atoms with Gasteiger partial charge in [0.05, 0.1) is 0 Å². The highest BCUT2D eigenvalue weighted by atomic mass is 15.1. The van der Waals surface area contributed by atoms with Gasteiger partial charge in [-0.1, -0.05) is 34.6 Å². The van der Waals surface area contributed by atoms with E-state index in [1.165, 1.54) is 45.6 Å². The molecule has 2 rings (SSSR count). The summed E-state index contributed by atoms with van der Waals surface area (Å²) in [5.41, 5.74) is 0.501. The van der Waals surface area contributed by atoms with Crippen LogP contribution < -0.4 is 5.32 Å². The molecule has 112 valence electrons. The monoisotopic (exact) mass is 266 g/mol. The molecular weight excluding hydrogens is 232 g/mol. The van der Waals surface area contributed by atoms with Crippen molar-refractivity contribution < 1.29 is 0 Å². The second-order valence-corrected chi connectivity index (χ2v) is 8.22. The van der Waals surface area contributed by atoms with Crippen LogP contribution >= 0.6 is 0 Å². The average Bonchev–Trinajstić information content (AvgIpc) is 2.33. The van der Waals surface area contributed by atoms with Gasteiger partial charge in [0.2, 0.25) is 0 Å². The zero-order valence-electron chi connectivity index (χ0n) is 13.7. The van der Waals surface area contributed by atoms with Crippen LogP contribution in [-0.2, 0) is 0 Å². The van der Waals surface area contributed by atoms with Crippen LogP contribution in [0.4, 0.5) is 0 Å². The number of nitrogens with zero attached hydrogens (tertiary/aromatic N) is 1. The van der Waals surface area contributed by atoms with Crippen molar-refractivity contribution in [3.05, 3.63) is 0 Å². The number of piperidine rings is 2. The van der Waals surface area contributed by atoms with Crippen LogP contribution in [0.5, 0.6) is 0 Å². The van der Waals surface area contributed by atoms with Crippen molar-refractivity contribution >= 4 is 0 Å². The van der Waals surface area contributed by atoms with Crippen molar-refractivity contribution in [3.63, 3.8) is 0 Å². The van der Waals surface area contributed by atoms with Crippen LogP contribution in [0.1, 0.15) is 47.5 Å². The Balaban J connectivity index is 1.82. The minimum atomic E-state index is 0.501. The minimum Gasteiger partial charge on any atom is -0.316 e. The molecule has 0 aromatic rings. The largest absolute Gasteiger partial charge is 0.316 e. The van der Waals surface area contributed by atoms with E-state index in [9.17, 15) is 0 Å². The topological polar surface area (TPSA) is 15.3 Å². The third-order valence-electron chi connectivity index (χ3n) is 5.68. The molecule has 0 spiro atoms. The molecular formula is C17H34N2. The summed E-state index contributed by atoms with van der Waals surface area (Å²) >= 11 is 0. The molecule has 1 N–H and O–H groups in total. The van der Waals surface area contributed by atoms with Crippen LogP contribution in [0.2, 0.25) is 0 Å². The molecule has 2 atom stereocenters. The highest BCUT2D eigenvalue weighted by Crippen LogP contribution is 2.35. The highest BCUT2D eigenvalue weighted by molar-refractivity contribution is 4.86. The van der Waals surface area contributed by atoms with E-state index < -0.39 is 0 Å². The number of nitrogens with one attached hydrogen (secondary N) is 1. The first-order valence-corrected chi connectivity index (χ1v) is 8.31. The molecule has 0 amide bonds. The molecule has 0 saturated carbocycles. The summed E-state index contributed by atoms with van der Waals surface area (Å²) in [5.74, 6) is 3.49. The summed E-state index contributed by atoms with van der Waals surface area (Å²) in [5, 5.41) is 3.56. The van der Waals surface area contributed by atoms with E-state index in [2.05, 4.69) is 44.8 Å². The number of likely N-dealkylation sites (tertiary alicyclic amines) is 1. The van der Waals surface area contributed by atoms with E-state index in [1.54, 1.807) is 0 Å². The lowest BCUT2D eigenvalue weighted by molar-refractivity contribution is 0.0710. The second-order valence-electron chi connectivity index (χ2n) is 8.22. The van der Waals surface area contributed by atoms with E-state index in [1.807, 2.05) is 0 Å². The molecule has 19 heavy (non-hydrogen) atoms. The Morgan fingerprint density at radius 1 is 1.00 bits per heavy atom. The van der Waals surface area contributed by atoms with E-state index in [4.69, 9.17) is 0 Å². The smallest absolute Gasteiger partial charge is 0.00157 e. The molecule has 2 fully saturated rings. The summed E-state index contributed by atoms with van der Waals surface area (Å²) < 4.78 is 0. The van der Waals surface area contributed by atoms with Gasteiger partial charge in [-0.15, -0.1) is 0 Å². The summed E-state index contributed by atoms with van der Waals surface area (Å²) in [6.07, 6.45) is 2.80. The first kappa shape index (κ1) is 15.3. The highest BCUT2D eigenvalue weighted by Gasteiger charge is 2.32. The van der Waals surface area contributed by atoms with E-state index in [0.29, 0.717) is 5.41 Å². The Kier molecular flexibility index (Phi) is 4.94. The Hall–Kier alpha value is -0.0800. The fourth-order valence-corrected chi connectivity index (χ4v) is 4.04. The first-order chi connectivity index (χ1) is 8.88. The van der Waals surface area contributed by atoms with Gasteiger partial charge in [0.1, 0.15) is 0 Å². The van der Waals surface area contributed by atoms with Gasteiger partial charge in [0.25, 0.3) is 0 Å². The third-order valence-corrected chi connectivity index (χ3v) is 5.68. The van der Waals surface area contributed by atoms with Crippen LogP contribution in [-0.4, -0.2) is 37.6 Å². The van der Waals surface area contributed by atoms with Crippen LogP contribution in [0.3, 0.4) is 0 Å². The average molecular weight is 266 g/mol. The van der Waals surface area contributed by atoms with Gasteiger partial charge in [-0.25, -0.2) is 0 Å². The van der Waals surface area contributed by atoms with E-state index in [-0.39, 0.29) is 0 Å². The maximum atomic E-state index is 3.56. The van der Waals surface area contributed by atoms with Crippen molar-refractivity contribution in [2.45, 2.75) is 47.5 Å². The predicted octanol–water partition coefficient (Wildman–Crippen LogP) is 3.24. The Bertz CT molecular complexity index is 263. The maximum absolute atomic E-state index is 3.56. The summed E-state index contributed by atoms with van der Waals surface area (Å²) in [4.78, 5) is 2.74. The van der Waals surface area contributed by atoms with Crippen molar-refractivity contribution in [2.75, 3.05) is 32.7 Å². The van der Waals surface area contributed by atoms with E-state index >= 15 is 0 Å². The molecule has 0 bridgehead atoms. The summed E-state index contributed by atoms with van der Waals surface area (Å²) in [6, 6.07) is 0. The number of hydrogen-bond acceptors (Lipinski definition) is 2. The van der Waals surface area contributed by atoms with Gasteiger partial charge in [-0.05, 0) is 68.1 Å². The molecule has 2 saturated heterocycles. The number of hydrogen-bond donors (Lipinski definition) is 1. The van der Waals surface area contributed by atoms with Gasteiger partial charge in [0.15, 0.2) is 0 Å². The maximum Gasteiger partial charge on any atom is 0.00157 e. The van der Waals surface area contributed by atoms with Gasteiger partial charge < -0.3 is 10.2 Å². The lowest BCUT2D eigenvalue weighted by Gasteiger charge is -2.43. The normalized spacial score (nSPS) is 35.5. The number of rotatable bonds is 2. The van der Waals surface area contributed by atoms with E-state index in [0.717, 1.165) is 23.7 Å². The molecule has 2 unspecified atom stereocenters. The fraction of sp³-hybridized carbons (Fsp3) is 1.00. The third kappa shape index (κ3) is 3.95. The lowest BCUT2D eigenvalue weighted by atomic mass is 9.74. The van der Waals surface area contributed by atoms with Gasteiger partial charge in [0, 0.05) is 6.54 Å². The fourth-order valence-electron chi connectivity index (χ4n) is 4.04.